The van der Waals surface area contributed by atoms with Crippen molar-refractivity contribution in [1.82, 2.24) is 0 Å². The van der Waals surface area contributed by atoms with E-state index in [1.54, 1.807) is 42.7 Å². The Hall–Kier alpha value is -1.93. The van der Waals surface area contributed by atoms with Gasteiger partial charge >= 0.3 is 25.7 Å². The molecule has 236 valence electrons. The first kappa shape index (κ1) is 35.5. The van der Waals surface area contributed by atoms with Crippen molar-refractivity contribution in [2.45, 2.75) is 56.7 Å². The van der Waals surface area contributed by atoms with Gasteiger partial charge in [-0.1, -0.05) is 130 Å². The number of hydrogen-bond donors (Lipinski definition) is 0. The maximum absolute atomic E-state index is 6.12. The first-order chi connectivity index (χ1) is 21.0. The highest BCUT2D eigenvalue weighted by Gasteiger charge is 2.40. The highest BCUT2D eigenvalue weighted by atomic mass is 28.4. The first-order valence-electron chi connectivity index (χ1n) is 15.4. The van der Waals surface area contributed by atoms with Crippen molar-refractivity contribution in [3.05, 3.63) is 91.0 Å². The zero-order valence-corrected chi connectivity index (χ0v) is 30.1. The van der Waals surface area contributed by atoms with Crippen LogP contribution in [-0.4, -0.2) is 68.3 Å². The van der Waals surface area contributed by atoms with Crippen LogP contribution in [0.25, 0.3) is 0 Å². The van der Waals surface area contributed by atoms with Gasteiger partial charge in [-0.2, -0.15) is 0 Å². The molecule has 0 radical (unpaired) electrons. The summed E-state index contributed by atoms with van der Waals surface area (Å²) >= 11 is 0. The van der Waals surface area contributed by atoms with E-state index in [1.165, 1.54) is 15.6 Å². The van der Waals surface area contributed by atoms with E-state index in [-0.39, 0.29) is 0 Å². The second-order valence-electron chi connectivity index (χ2n) is 11.1. The molecule has 0 saturated heterocycles. The van der Waals surface area contributed by atoms with Crippen molar-refractivity contribution < 1.29 is 26.6 Å². The van der Waals surface area contributed by atoms with Crippen LogP contribution in [0, 0.1) is 5.92 Å². The molecule has 0 unspecified atom stereocenters. The fraction of sp³-hybridized carbons (Fsp3) is 0.471. The Kier molecular flexibility index (Phi) is 15.0. The summed E-state index contributed by atoms with van der Waals surface area (Å²) < 4.78 is 36.7. The fourth-order valence-electron chi connectivity index (χ4n) is 6.38. The maximum Gasteiger partial charge on any atom is 0.371 e. The highest BCUT2D eigenvalue weighted by Crippen LogP contribution is 2.29. The molecule has 0 saturated carbocycles. The van der Waals surface area contributed by atoms with Crippen LogP contribution >= 0.6 is 0 Å². The van der Waals surface area contributed by atoms with Crippen LogP contribution in [0.1, 0.15) is 38.5 Å². The predicted octanol–water partition coefficient (Wildman–Crippen LogP) is 5.87. The molecule has 0 aliphatic carbocycles. The van der Waals surface area contributed by atoms with Crippen LogP contribution in [0.4, 0.5) is 0 Å². The summed E-state index contributed by atoms with van der Waals surface area (Å²) in [6.45, 7) is 0. The second-order valence-corrected chi connectivity index (χ2v) is 21.3. The van der Waals surface area contributed by atoms with Crippen molar-refractivity contribution in [1.29, 1.82) is 0 Å². The molecule has 43 heavy (non-hydrogen) atoms. The molecule has 0 N–H and O–H groups in total. The van der Waals surface area contributed by atoms with E-state index in [2.05, 4.69) is 72.8 Å². The molecule has 3 rings (SSSR count). The molecule has 3 aromatic rings. The Bertz CT molecular complexity index is 994. The molecule has 0 aliphatic heterocycles. The second kappa shape index (κ2) is 18.1. The van der Waals surface area contributed by atoms with E-state index in [1.807, 2.05) is 18.2 Å². The van der Waals surface area contributed by atoms with E-state index in [0.29, 0.717) is 5.92 Å². The minimum atomic E-state index is -2.49. The molecular weight excluding hydrogens is 589 g/mol. The average Bonchev–Trinajstić information content (AvgIpc) is 3.08. The molecule has 3 aromatic carbocycles. The van der Waals surface area contributed by atoms with Crippen LogP contribution < -0.4 is 15.6 Å². The molecule has 0 bridgehead atoms. The molecular formula is C34H52O6Si3. The lowest BCUT2D eigenvalue weighted by Gasteiger charge is -2.30. The summed E-state index contributed by atoms with van der Waals surface area (Å²) in [5.41, 5.74) is 0. The normalized spacial score (nSPS) is 12.6. The van der Waals surface area contributed by atoms with Gasteiger partial charge in [0.25, 0.3) is 0 Å². The standard InChI is InChI=1S/C34H52O6Si3/c1-35-41(36-2,32-22-10-7-11-23-32)28-16-19-31(20-17-29-42(37-3,38-4)33-24-12-8-13-25-33)21-18-30-43(39-5,40-6)34-26-14-9-15-27-34/h7-15,22-27,31H,16-21,28-30H2,1-6H3. The van der Waals surface area contributed by atoms with E-state index in [0.717, 1.165) is 56.7 Å². The number of hydrogen-bond acceptors (Lipinski definition) is 6. The van der Waals surface area contributed by atoms with Gasteiger partial charge in [-0.05, 0) is 39.6 Å². The van der Waals surface area contributed by atoms with Gasteiger partial charge in [-0.25, -0.2) is 0 Å². The highest BCUT2D eigenvalue weighted by molar-refractivity contribution is 6.82. The summed E-state index contributed by atoms with van der Waals surface area (Å²) in [6.07, 6.45) is 6.52. The first-order valence-corrected chi connectivity index (χ1v) is 21.5. The van der Waals surface area contributed by atoms with Crippen molar-refractivity contribution in [3.8, 4) is 0 Å². The molecule has 0 heterocycles. The Morgan fingerprint density at radius 1 is 0.395 bits per heavy atom. The van der Waals surface area contributed by atoms with Crippen LogP contribution in [-0.2, 0) is 26.6 Å². The van der Waals surface area contributed by atoms with E-state index in [9.17, 15) is 0 Å². The molecule has 6 nitrogen and oxygen atoms in total. The molecule has 0 spiro atoms. The van der Waals surface area contributed by atoms with Gasteiger partial charge in [0, 0.05) is 42.7 Å². The number of rotatable bonds is 21. The topological polar surface area (TPSA) is 55.4 Å². The van der Waals surface area contributed by atoms with Gasteiger partial charge in [0.1, 0.15) is 0 Å². The van der Waals surface area contributed by atoms with Crippen molar-refractivity contribution in [3.63, 3.8) is 0 Å². The smallest absolute Gasteiger partial charge is 0.371 e. The number of benzene rings is 3. The minimum absolute atomic E-state index is 0.559. The molecule has 0 amide bonds. The third-order valence-corrected chi connectivity index (χ3v) is 19.6. The van der Waals surface area contributed by atoms with Crippen LogP contribution in [0.2, 0.25) is 18.1 Å². The monoisotopic (exact) mass is 640 g/mol. The van der Waals surface area contributed by atoms with Crippen LogP contribution in [0.5, 0.6) is 0 Å². The molecule has 0 aliphatic rings. The minimum Gasteiger partial charge on any atom is -0.394 e. The van der Waals surface area contributed by atoms with Gasteiger partial charge in [-0.15, -0.1) is 0 Å². The molecule has 0 aromatic heterocycles. The summed E-state index contributed by atoms with van der Waals surface area (Å²) in [6, 6.07) is 34.2. The van der Waals surface area contributed by atoms with Crippen LogP contribution in [0.3, 0.4) is 0 Å². The largest absolute Gasteiger partial charge is 0.394 e. The van der Waals surface area contributed by atoms with Gasteiger partial charge in [0.05, 0.1) is 0 Å². The Morgan fingerprint density at radius 3 is 0.837 bits per heavy atom. The van der Waals surface area contributed by atoms with Crippen molar-refractivity contribution in [2.75, 3.05) is 42.7 Å². The van der Waals surface area contributed by atoms with Gasteiger partial charge < -0.3 is 26.6 Å². The van der Waals surface area contributed by atoms with Gasteiger partial charge in [-0.3, -0.25) is 0 Å². The Balaban J connectivity index is 1.71. The van der Waals surface area contributed by atoms with E-state index < -0.39 is 25.7 Å². The van der Waals surface area contributed by atoms with E-state index >= 15 is 0 Å². The summed E-state index contributed by atoms with van der Waals surface area (Å²) in [5, 5.41) is 3.57. The lowest BCUT2D eigenvalue weighted by molar-refractivity contribution is 0.249. The van der Waals surface area contributed by atoms with E-state index in [4.69, 9.17) is 26.6 Å². The van der Waals surface area contributed by atoms with Crippen molar-refractivity contribution in [2.24, 2.45) is 5.92 Å². The lowest BCUT2D eigenvalue weighted by atomic mass is 9.94. The van der Waals surface area contributed by atoms with Gasteiger partial charge in [0.2, 0.25) is 0 Å². The quantitative estimate of drug-likeness (QED) is 0.136. The zero-order chi connectivity index (χ0) is 31.0. The Morgan fingerprint density at radius 2 is 0.628 bits per heavy atom. The van der Waals surface area contributed by atoms with Gasteiger partial charge in [0.15, 0.2) is 0 Å². The SMILES string of the molecule is CO[Si](CCCC(CCC[Si](OC)(OC)c1ccccc1)CCC[Si](OC)(OC)c1ccccc1)(OC)c1ccccc1. The molecule has 9 heteroatoms. The summed E-state index contributed by atoms with van der Waals surface area (Å²) in [7, 11) is 3.33. The zero-order valence-electron chi connectivity index (χ0n) is 27.1. The summed E-state index contributed by atoms with van der Waals surface area (Å²) in [5.74, 6) is 0.559. The Labute approximate surface area is 263 Å². The lowest BCUT2D eigenvalue weighted by Crippen LogP contribution is -2.52. The maximum atomic E-state index is 6.12. The summed E-state index contributed by atoms with van der Waals surface area (Å²) in [4.78, 5) is 0. The molecule has 0 fully saturated rings. The third-order valence-electron chi connectivity index (χ3n) is 8.97. The average molecular weight is 641 g/mol. The van der Waals surface area contributed by atoms with Crippen LogP contribution in [0.15, 0.2) is 91.0 Å². The third kappa shape index (κ3) is 9.29. The fourth-order valence-corrected chi connectivity index (χ4v) is 14.5. The van der Waals surface area contributed by atoms with Crippen molar-refractivity contribution >= 4 is 41.2 Å². The predicted molar refractivity (Wildman–Crippen MR) is 183 cm³/mol. The molecule has 0 atom stereocenters.